The summed E-state index contributed by atoms with van der Waals surface area (Å²) < 4.78 is 0. The Morgan fingerprint density at radius 3 is 2.38 bits per heavy atom. The molecule has 0 heterocycles. The van der Waals surface area contributed by atoms with E-state index in [1.165, 1.54) is 12.2 Å². The normalized spacial score (nSPS) is 13.6. The van der Waals surface area contributed by atoms with Gasteiger partial charge in [-0.05, 0) is 6.08 Å². The lowest BCUT2D eigenvalue weighted by atomic mass is 10.4. The average molecular weight is 177 g/mol. The molecule has 0 aromatic heterocycles. The third-order valence-corrected chi connectivity index (χ3v) is 1.02. The van der Waals surface area contributed by atoms with Gasteiger partial charge in [0.05, 0.1) is 4.83 Å². The van der Waals surface area contributed by atoms with Crippen molar-refractivity contribution in [2.75, 3.05) is 0 Å². The zero-order chi connectivity index (χ0) is 6.41. The zero-order valence-corrected chi connectivity index (χ0v) is 5.67. The Morgan fingerprint density at radius 1 is 1.38 bits per heavy atom. The summed E-state index contributed by atoms with van der Waals surface area (Å²) in [6, 6.07) is 0. The van der Waals surface area contributed by atoms with E-state index in [1.54, 1.807) is 0 Å². The summed E-state index contributed by atoms with van der Waals surface area (Å²) in [5, 5.41) is 0. The van der Waals surface area contributed by atoms with Crippen molar-refractivity contribution >= 4 is 28.5 Å². The monoisotopic (exact) mass is 176 g/mol. The Bertz CT molecular complexity index is 109. The molecule has 44 valence electrons. The smallest absolute Gasteiger partial charge is 0.142 e. The first-order valence-corrected chi connectivity index (χ1v) is 2.94. The highest BCUT2D eigenvalue weighted by atomic mass is 79.9. The topological polar surface area (TPSA) is 34.1 Å². The first kappa shape index (κ1) is 7.56. The summed E-state index contributed by atoms with van der Waals surface area (Å²) in [6.45, 7) is 0. The summed E-state index contributed by atoms with van der Waals surface area (Å²) in [5.74, 6) is 0. The van der Waals surface area contributed by atoms with Gasteiger partial charge in [0, 0.05) is 0 Å². The van der Waals surface area contributed by atoms with E-state index in [1.807, 2.05) is 0 Å². The molecule has 0 N–H and O–H groups in total. The molecule has 0 aromatic rings. The minimum Gasteiger partial charge on any atom is -0.302 e. The lowest BCUT2D eigenvalue weighted by molar-refractivity contribution is -0.106. The number of carbonyl (C=O) groups is 2. The first-order chi connectivity index (χ1) is 3.81. The van der Waals surface area contributed by atoms with E-state index in [9.17, 15) is 9.59 Å². The second-order valence-electron chi connectivity index (χ2n) is 1.10. The van der Waals surface area contributed by atoms with Gasteiger partial charge in [0.15, 0.2) is 0 Å². The van der Waals surface area contributed by atoms with E-state index in [4.69, 9.17) is 0 Å². The largest absolute Gasteiger partial charge is 0.302 e. The van der Waals surface area contributed by atoms with E-state index < -0.39 is 0 Å². The fourth-order valence-electron chi connectivity index (χ4n) is 0.197. The second kappa shape index (κ2) is 4.71. The Kier molecular flexibility index (Phi) is 4.45. The van der Waals surface area contributed by atoms with Gasteiger partial charge in [0.2, 0.25) is 0 Å². The average Bonchev–Trinajstić information content (AvgIpc) is 1.83. The molecule has 0 aliphatic rings. The predicted octanol–water partition coefficient (Wildman–Crippen LogP) is 0.704. The van der Waals surface area contributed by atoms with Gasteiger partial charge in [0.25, 0.3) is 0 Å². The van der Waals surface area contributed by atoms with Crippen molar-refractivity contribution in [3.8, 4) is 0 Å². The number of halogens is 1. The van der Waals surface area contributed by atoms with Crippen molar-refractivity contribution in [2.45, 2.75) is 4.83 Å². The summed E-state index contributed by atoms with van der Waals surface area (Å²) in [4.78, 5) is 19.1. The minimum absolute atomic E-state index is 0.326. The molecule has 0 rings (SSSR count). The van der Waals surface area contributed by atoms with Crippen molar-refractivity contribution in [2.24, 2.45) is 0 Å². The first-order valence-electron chi connectivity index (χ1n) is 2.02. The fourth-order valence-corrected chi connectivity index (χ4v) is 0.373. The lowest BCUT2D eigenvalue weighted by Gasteiger charge is -1.83. The number of aldehydes is 2. The van der Waals surface area contributed by atoms with Crippen LogP contribution in [-0.4, -0.2) is 17.4 Å². The van der Waals surface area contributed by atoms with Crippen molar-refractivity contribution in [1.29, 1.82) is 0 Å². The van der Waals surface area contributed by atoms with Gasteiger partial charge in [-0.1, -0.05) is 22.0 Å². The van der Waals surface area contributed by atoms with E-state index >= 15 is 0 Å². The van der Waals surface area contributed by atoms with Crippen molar-refractivity contribution < 1.29 is 9.59 Å². The molecule has 0 saturated carbocycles. The standard InChI is InChI=1S/C5H5BrO2/c6-5(4-8)2-1-3-7/h1-5H. The van der Waals surface area contributed by atoms with Crippen molar-refractivity contribution in [3.05, 3.63) is 12.2 Å². The van der Waals surface area contributed by atoms with Crippen LogP contribution in [0, 0.1) is 0 Å². The molecule has 1 atom stereocenters. The molecule has 8 heavy (non-hydrogen) atoms. The molecule has 0 bridgehead atoms. The number of rotatable bonds is 3. The van der Waals surface area contributed by atoms with Crippen LogP contribution in [-0.2, 0) is 9.59 Å². The SMILES string of the molecule is O=CC=CC(Br)C=O. The van der Waals surface area contributed by atoms with Crippen LogP contribution in [0.2, 0.25) is 0 Å². The van der Waals surface area contributed by atoms with Crippen LogP contribution in [0.4, 0.5) is 0 Å². The van der Waals surface area contributed by atoms with Crippen LogP contribution in [0.25, 0.3) is 0 Å². The zero-order valence-electron chi connectivity index (χ0n) is 4.08. The van der Waals surface area contributed by atoms with Crippen LogP contribution in [0.3, 0.4) is 0 Å². The van der Waals surface area contributed by atoms with E-state index in [0.717, 1.165) is 0 Å². The molecular formula is C5H5BrO2. The Balaban J connectivity index is 3.50. The van der Waals surface area contributed by atoms with E-state index in [-0.39, 0.29) is 4.83 Å². The van der Waals surface area contributed by atoms with Gasteiger partial charge < -0.3 is 4.79 Å². The Morgan fingerprint density at radius 2 is 2.00 bits per heavy atom. The molecule has 0 amide bonds. The summed E-state index contributed by atoms with van der Waals surface area (Å²) in [6.07, 6.45) is 4.05. The Hall–Kier alpha value is -0.440. The molecule has 0 aromatic carbocycles. The molecule has 0 aliphatic heterocycles. The molecule has 2 nitrogen and oxygen atoms in total. The van der Waals surface area contributed by atoms with Gasteiger partial charge in [0.1, 0.15) is 12.6 Å². The van der Waals surface area contributed by atoms with Gasteiger partial charge in [-0.2, -0.15) is 0 Å². The minimum atomic E-state index is -0.326. The van der Waals surface area contributed by atoms with E-state index in [0.29, 0.717) is 12.6 Å². The fraction of sp³-hybridized carbons (Fsp3) is 0.200. The lowest BCUT2D eigenvalue weighted by Crippen LogP contribution is -1.91. The highest BCUT2D eigenvalue weighted by Crippen LogP contribution is 1.94. The third kappa shape index (κ3) is 3.74. The predicted molar refractivity (Wildman–Crippen MR) is 34.0 cm³/mol. The van der Waals surface area contributed by atoms with Crippen LogP contribution in [0.15, 0.2) is 12.2 Å². The second-order valence-corrected chi connectivity index (χ2v) is 2.16. The molecule has 1 unspecified atom stereocenters. The van der Waals surface area contributed by atoms with Crippen LogP contribution in [0.5, 0.6) is 0 Å². The Labute approximate surface area is 55.7 Å². The van der Waals surface area contributed by atoms with Crippen LogP contribution >= 0.6 is 15.9 Å². The third-order valence-electron chi connectivity index (χ3n) is 0.504. The van der Waals surface area contributed by atoms with Crippen LogP contribution < -0.4 is 0 Å². The molecule has 0 spiro atoms. The molecule has 0 radical (unpaired) electrons. The maximum Gasteiger partial charge on any atom is 0.142 e. The number of hydrogen-bond donors (Lipinski definition) is 0. The number of hydrogen-bond acceptors (Lipinski definition) is 2. The maximum atomic E-state index is 9.80. The highest BCUT2D eigenvalue weighted by molar-refractivity contribution is 9.10. The van der Waals surface area contributed by atoms with Crippen molar-refractivity contribution in [3.63, 3.8) is 0 Å². The van der Waals surface area contributed by atoms with Crippen LogP contribution in [0.1, 0.15) is 0 Å². The highest BCUT2D eigenvalue weighted by Gasteiger charge is 1.90. The number of allylic oxidation sites excluding steroid dienone is 2. The van der Waals surface area contributed by atoms with Crippen molar-refractivity contribution in [1.82, 2.24) is 0 Å². The molecule has 0 saturated heterocycles. The number of carbonyl (C=O) groups excluding carboxylic acids is 2. The summed E-state index contributed by atoms with van der Waals surface area (Å²) in [5.41, 5.74) is 0. The van der Waals surface area contributed by atoms with Gasteiger partial charge in [-0.25, -0.2) is 0 Å². The van der Waals surface area contributed by atoms with Gasteiger partial charge in [-0.15, -0.1) is 0 Å². The summed E-state index contributed by atoms with van der Waals surface area (Å²) in [7, 11) is 0. The maximum absolute atomic E-state index is 9.80. The molecule has 3 heteroatoms. The molecular weight excluding hydrogens is 172 g/mol. The van der Waals surface area contributed by atoms with Gasteiger partial charge in [-0.3, -0.25) is 4.79 Å². The number of alkyl halides is 1. The van der Waals surface area contributed by atoms with E-state index in [2.05, 4.69) is 15.9 Å². The van der Waals surface area contributed by atoms with Gasteiger partial charge >= 0.3 is 0 Å². The quantitative estimate of drug-likeness (QED) is 0.361. The molecule has 0 fully saturated rings. The molecule has 0 aliphatic carbocycles. The summed E-state index contributed by atoms with van der Waals surface area (Å²) >= 11 is 2.96.